The summed E-state index contributed by atoms with van der Waals surface area (Å²) in [5.74, 6) is 0.462. The molecule has 0 aliphatic carbocycles. The molecule has 0 bridgehead atoms. The van der Waals surface area contributed by atoms with E-state index in [1.807, 2.05) is 29.8 Å². The first-order valence-electron chi connectivity index (χ1n) is 4.95. The van der Waals surface area contributed by atoms with Gasteiger partial charge in [-0.25, -0.2) is 9.97 Å². The molecule has 0 aliphatic heterocycles. The molecule has 0 spiro atoms. The molecule has 84 valence electrons. The Labute approximate surface area is 93.4 Å². The monoisotopic (exact) mass is 220 g/mol. The minimum atomic E-state index is -0.468. The normalized spacial score (nSPS) is 10.4. The van der Waals surface area contributed by atoms with Crippen LogP contribution in [0.4, 0.5) is 10.1 Å². The molecule has 0 N–H and O–H groups in total. The van der Waals surface area contributed by atoms with Crippen LogP contribution in [0, 0.1) is 5.95 Å². The zero-order valence-corrected chi connectivity index (χ0v) is 9.26. The first-order chi connectivity index (χ1) is 7.66. The van der Waals surface area contributed by atoms with Crippen molar-refractivity contribution in [1.29, 1.82) is 0 Å². The van der Waals surface area contributed by atoms with Crippen LogP contribution in [0.3, 0.4) is 0 Å². The number of halogens is 1. The Morgan fingerprint density at radius 2 is 2.19 bits per heavy atom. The molecule has 0 fully saturated rings. The molecule has 4 nitrogen and oxygen atoms in total. The topological polar surface area (TPSA) is 34.0 Å². The highest BCUT2D eigenvalue weighted by Gasteiger charge is 2.06. The SMILES string of the molecule is CN(Cc1nccn1C)c1ccnc(F)c1. The lowest BCUT2D eigenvalue weighted by Crippen LogP contribution is -2.19. The van der Waals surface area contributed by atoms with Gasteiger partial charge in [-0.15, -0.1) is 0 Å². The molecular formula is C11H13FN4. The minimum absolute atomic E-state index is 0.468. The van der Waals surface area contributed by atoms with Gasteiger partial charge in [0.15, 0.2) is 0 Å². The summed E-state index contributed by atoms with van der Waals surface area (Å²) in [4.78, 5) is 9.66. The summed E-state index contributed by atoms with van der Waals surface area (Å²) in [5.41, 5.74) is 0.788. The van der Waals surface area contributed by atoms with Crippen molar-refractivity contribution >= 4 is 5.69 Å². The van der Waals surface area contributed by atoms with Gasteiger partial charge in [0.1, 0.15) is 5.82 Å². The summed E-state index contributed by atoms with van der Waals surface area (Å²) in [6, 6.07) is 3.18. The number of aryl methyl sites for hydroxylation is 1. The molecule has 2 heterocycles. The molecule has 2 aromatic rings. The average molecular weight is 220 g/mol. The molecule has 0 radical (unpaired) electrons. The number of hydrogen-bond acceptors (Lipinski definition) is 3. The fourth-order valence-electron chi connectivity index (χ4n) is 1.48. The highest BCUT2D eigenvalue weighted by atomic mass is 19.1. The Bertz CT molecular complexity index is 480. The van der Waals surface area contributed by atoms with Gasteiger partial charge < -0.3 is 9.47 Å². The Hall–Kier alpha value is -1.91. The molecule has 0 saturated carbocycles. The molecule has 0 unspecified atom stereocenters. The summed E-state index contributed by atoms with van der Waals surface area (Å²) in [7, 11) is 3.83. The number of aromatic nitrogens is 3. The van der Waals surface area contributed by atoms with Gasteiger partial charge in [0.2, 0.25) is 5.95 Å². The summed E-state index contributed by atoms with van der Waals surface area (Å²) in [6.07, 6.45) is 5.09. The molecule has 0 atom stereocenters. The first kappa shape index (κ1) is 10.6. The maximum absolute atomic E-state index is 12.9. The van der Waals surface area contributed by atoms with Crippen LogP contribution < -0.4 is 4.90 Å². The number of hydrogen-bond donors (Lipinski definition) is 0. The van der Waals surface area contributed by atoms with Crippen LogP contribution in [0.2, 0.25) is 0 Å². The molecule has 16 heavy (non-hydrogen) atoms. The quantitative estimate of drug-likeness (QED) is 0.737. The largest absolute Gasteiger partial charge is 0.367 e. The molecule has 2 aromatic heterocycles. The van der Waals surface area contributed by atoms with Gasteiger partial charge >= 0.3 is 0 Å². The van der Waals surface area contributed by atoms with E-state index in [4.69, 9.17) is 0 Å². The molecular weight excluding hydrogens is 207 g/mol. The van der Waals surface area contributed by atoms with E-state index in [2.05, 4.69) is 9.97 Å². The maximum Gasteiger partial charge on any atom is 0.214 e. The zero-order valence-electron chi connectivity index (χ0n) is 9.26. The second-order valence-corrected chi connectivity index (χ2v) is 3.65. The predicted octanol–water partition coefficient (Wildman–Crippen LogP) is 1.59. The van der Waals surface area contributed by atoms with Gasteiger partial charge in [-0.1, -0.05) is 0 Å². The lowest BCUT2D eigenvalue weighted by molar-refractivity contribution is 0.583. The van der Waals surface area contributed by atoms with Crippen LogP contribution in [0.25, 0.3) is 0 Å². The summed E-state index contributed by atoms with van der Waals surface area (Å²) < 4.78 is 14.9. The number of imidazole rings is 1. The molecule has 0 aliphatic rings. The molecule has 0 saturated heterocycles. The van der Waals surface area contributed by atoms with E-state index in [0.717, 1.165) is 11.5 Å². The lowest BCUT2D eigenvalue weighted by atomic mass is 10.3. The van der Waals surface area contributed by atoms with Crippen LogP contribution in [0.15, 0.2) is 30.7 Å². The van der Waals surface area contributed by atoms with Crippen molar-refractivity contribution in [3.63, 3.8) is 0 Å². The molecule has 5 heteroatoms. The van der Waals surface area contributed by atoms with Crippen LogP contribution in [-0.4, -0.2) is 21.6 Å². The Morgan fingerprint density at radius 3 is 2.81 bits per heavy atom. The first-order valence-corrected chi connectivity index (χ1v) is 4.95. The third-order valence-corrected chi connectivity index (χ3v) is 2.45. The van der Waals surface area contributed by atoms with Gasteiger partial charge in [-0.05, 0) is 6.07 Å². The van der Waals surface area contributed by atoms with E-state index < -0.39 is 5.95 Å². The van der Waals surface area contributed by atoms with Crippen molar-refractivity contribution in [3.8, 4) is 0 Å². The second-order valence-electron chi connectivity index (χ2n) is 3.65. The molecule has 2 rings (SSSR count). The van der Waals surface area contributed by atoms with E-state index >= 15 is 0 Å². The predicted molar refractivity (Wildman–Crippen MR) is 59.5 cm³/mol. The maximum atomic E-state index is 12.9. The van der Waals surface area contributed by atoms with Gasteiger partial charge in [-0.2, -0.15) is 4.39 Å². The van der Waals surface area contributed by atoms with Crippen molar-refractivity contribution in [3.05, 3.63) is 42.5 Å². The molecule has 0 aromatic carbocycles. The van der Waals surface area contributed by atoms with Crippen molar-refractivity contribution < 1.29 is 4.39 Å². The van der Waals surface area contributed by atoms with Crippen LogP contribution in [-0.2, 0) is 13.6 Å². The highest BCUT2D eigenvalue weighted by Crippen LogP contribution is 2.14. The van der Waals surface area contributed by atoms with Gasteiger partial charge in [0, 0.05) is 44.4 Å². The minimum Gasteiger partial charge on any atom is -0.367 e. The highest BCUT2D eigenvalue weighted by molar-refractivity contribution is 5.43. The molecule has 0 amide bonds. The van der Waals surface area contributed by atoms with Crippen LogP contribution in [0.1, 0.15) is 5.82 Å². The smallest absolute Gasteiger partial charge is 0.214 e. The van der Waals surface area contributed by atoms with E-state index in [9.17, 15) is 4.39 Å². The van der Waals surface area contributed by atoms with Gasteiger partial charge in [0.05, 0.1) is 6.54 Å². The Balaban J connectivity index is 2.14. The van der Waals surface area contributed by atoms with Gasteiger partial charge in [0.25, 0.3) is 0 Å². The third kappa shape index (κ3) is 2.18. The van der Waals surface area contributed by atoms with E-state index in [-0.39, 0.29) is 0 Å². The van der Waals surface area contributed by atoms with E-state index in [1.54, 1.807) is 12.3 Å². The van der Waals surface area contributed by atoms with Crippen molar-refractivity contribution in [2.24, 2.45) is 7.05 Å². The number of nitrogens with zero attached hydrogens (tertiary/aromatic N) is 4. The zero-order chi connectivity index (χ0) is 11.5. The Morgan fingerprint density at radius 1 is 1.38 bits per heavy atom. The van der Waals surface area contributed by atoms with Crippen molar-refractivity contribution in [1.82, 2.24) is 14.5 Å². The summed E-state index contributed by atoms with van der Waals surface area (Å²) >= 11 is 0. The summed E-state index contributed by atoms with van der Waals surface area (Å²) in [5, 5.41) is 0. The van der Waals surface area contributed by atoms with Crippen molar-refractivity contribution in [2.75, 3.05) is 11.9 Å². The number of pyridine rings is 1. The van der Waals surface area contributed by atoms with Crippen LogP contribution >= 0.6 is 0 Å². The second kappa shape index (κ2) is 4.30. The fourth-order valence-corrected chi connectivity index (χ4v) is 1.48. The Kier molecular flexibility index (Phi) is 2.85. The fraction of sp³-hybridized carbons (Fsp3) is 0.273. The summed E-state index contributed by atoms with van der Waals surface area (Å²) in [6.45, 7) is 0.632. The van der Waals surface area contributed by atoms with Crippen molar-refractivity contribution in [2.45, 2.75) is 6.54 Å². The lowest BCUT2D eigenvalue weighted by Gasteiger charge is -2.18. The number of rotatable bonds is 3. The number of anilines is 1. The van der Waals surface area contributed by atoms with E-state index in [0.29, 0.717) is 6.54 Å². The average Bonchev–Trinajstić information content (AvgIpc) is 2.64. The third-order valence-electron chi connectivity index (χ3n) is 2.45. The van der Waals surface area contributed by atoms with Gasteiger partial charge in [-0.3, -0.25) is 0 Å². The standard InChI is InChI=1S/C11H13FN4/c1-15-6-5-14-11(15)8-16(2)9-3-4-13-10(12)7-9/h3-7H,8H2,1-2H3. The van der Waals surface area contributed by atoms with E-state index in [1.165, 1.54) is 12.3 Å². The van der Waals surface area contributed by atoms with Crippen LogP contribution in [0.5, 0.6) is 0 Å².